The largest absolute Gasteiger partial charge is 0.493 e. The monoisotopic (exact) mass is 234 g/mol. The Bertz CT molecular complexity index is 396. The molecule has 0 aliphatic heterocycles. The number of hydrogen-bond donors (Lipinski definition) is 0. The van der Waals surface area contributed by atoms with Crippen LogP contribution in [0.3, 0.4) is 0 Å². The van der Waals surface area contributed by atoms with Crippen molar-refractivity contribution in [1.29, 1.82) is 0 Å². The quantitative estimate of drug-likeness (QED) is 0.536. The van der Waals surface area contributed by atoms with Crippen molar-refractivity contribution < 1.29 is 14.3 Å². The lowest BCUT2D eigenvalue weighted by molar-refractivity contribution is 0.112. The second kappa shape index (κ2) is 6.74. The molecule has 1 aromatic carbocycles. The summed E-state index contributed by atoms with van der Waals surface area (Å²) in [5.41, 5.74) is 1.43. The summed E-state index contributed by atoms with van der Waals surface area (Å²) in [6, 6.07) is 5.21. The zero-order valence-electron chi connectivity index (χ0n) is 10.4. The van der Waals surface area contributed by atoms with Crippen LogP contribution >= 0.6 is 0 Å². The Kier molecular flexibility index (Phi) is 5.27. The molecule has 0 amide bonds. The number of carbonyl (C=O) groups is 1. The van der Waals surface area contributed by atoms with Gasteiger partial charge in [0.1, 0.15) is 18.1 Å². The molecular weight excluding hydrogens is 216 g/mol. The first-order chi connectivity index (χ1) is 8.17. The highest BCUT2D eigenvalue weighted by atomic mass is 16.5. The predicted octanol–water partition coefficient (Wildman–Crippen LogP) is 3.24. The summed E-state index contributed by atoms with van der Waals surface area (Å²) in [5, 5.41) is 0. The molecule has 1 aromatic rings. The number of ether oxygens (including phenoxy) is 2. The molecule has 0 saturated carbocycles. The summed E-state index contributed by atoms with van der Waals surface area (Å²) in [5.74, 6) is 1.26. The van der Waals surface area contributed by atoms with Crippen molar-refractivity contribution in [3.63, 3.8) is 0 Å². The maximum absolute atomic E-state index is 10.9. The SMILES string of the molecule is C=C(C)COc1cc(OCCC)ccc1C=O. The van der Waals surface area contributed by atoms with Crippen molar-refractivity contribution in [1.82, 2.24) is 0 Å². The Labute approximate surface area is 102 Å². The smallest absolute Gasteiger partial charge is 0.153 e. The van der Waals surface area contributed by atoms with Gasteiger partial charge in [-0.3, -0.25) is 4.79 Å². The molecule has 3 nitrogen and oxygen atoms in total. The molecule has 0 unspecified atom stereocenters. The van der Waals surface area contributed by atoms with Crippen molar-refractivity contribution in [2.75, 3.05) is 13.2 Å². The molecule has 3 heteroatoms. The van der Waals surface area contributed by atoms with Crippen molar-refractivity contribution in [2.24, 2.45) is 0 Å². The van der Waals surface area contributed by atoms with E-state index in [2.05, 4.69) is 6.58 Å². The van der Waals surface area contributed by atoms with Gasteiger partial charge in [0.15, 0.2) is 6.29 Å². The van der Waals surface area contributed by atoms with E-state index in [-0.39, 0.29) is 0 Å². The Hall–Kier alpha value is -1.77. The van der Waals surface area contributed by atoms with Crippen LogP contribution in [0.5, 0.6) is 11.5 Å². The first kappa shape index (κ1) is 13.3. The molecule has 0 heterocycles. The van der Waals surface area contributed by atoms with Gasteiger partial charge >= 0.3 is 0 Å². The first-order valence-corrected chi connectivity index (χ1v) is 5.66. The number of aldehydes is 1. The maximum atomic E-state index is 10.9. The molecule has 0 spiro atoms. The molecule has 0 atom stereocenters. The van der Waals surface area contributed by atoms with Gasteiger partial charge in [0, 0.05) is 6.07 Å². The van der Waals surface area contributed by atoms with E-state index >= 15 is 0 Å². The molecule has 0 bridgehead atoms. The second-order valence-corrected chi connectivity index (χ2v) is 3.91. The van der Waals surface area contributed by atoms with E-state index in [0.29, 0.717) is 30.3 Å². The van der Waals surface area contributed by atoms with Gasteiger partial charge in [-0.05, 0) is 31.1 Å². The molecular formula is C14H18O3. The van der Waals surface area contributed by atoms with Crippen molar-refractivity contribution in [3.05, 3.63) is 35.9 Å². The van der Waals surface area contributed by atoms with Crippen molar-refractivity contribution >= 4 is 6.29 Å². The highest BCUT2D eigenvalue weighted by molar-refractivity contribution is 5.79. The number of rotatable bonds is 7. The van der Waals surface area contributed by atoms with E-state index < -0.39 is 0 Å². The third-order valence-corrected chi connectivity index (χ3v) is 2.06. The molecule has 0 saturated heterocycles. The summed E-state index contributed by atoms with van der Waals surface area (Å²) < 4.78 is 11.0. The van der Waals surface area contributed by atoms with Gasteiger partial charge in [0.25, 0.3) is 0 Å². The van der Waals surface area contributed by atoms with E-state index in [0.717, 1.165) is 18.3 Å². The molecule has 17 heavy (non-hydrogen) atoms. The normalized spacial score (nSPS) is 9.76. The van der Waals surface area contributed by atoms with Crippen LogP contribution in [0.2, 0.25) is 0 Å². The third-order valence-electron chi connectivity index (χ3n) is 2.06. The van der Waals surface area contributed by atoms with Crippen LogP contribution in [0.15, 0.2) is 30.4 Å². The lowest BCUT2D eigenvalue weighted by Gasteiger charge is -2.11. The van der Waals surface area contributed by atoms with Gasteiger partial charge in [0.05, 0.1) is 12.2 Å². The summed E-state index contributed by atoms with van der Waals surface area (Å²) in [6.45, 7) is 8.72. The van der Waals surface area contributed by atoms with E-state index in [4.69, 9.17) is 9.47 Å². The Balaban J connectivity index is 2.81. The van der Waals surface area contributed by atoms with Crippen LogP contribution in [0.4, 0.5) is 0 Å². The van der Waals surface area contributed by atoms with Crippen LogP contribution in [-0.4, -0.2) is 19.5 Å². The fraction of sp³-hybridized carbons (Fsp3) is 0.357. The number of hydrogen-bond acceptors (Lipinski definition) is 3. The number of carbonyl (C=O) groups excluding carboxylic acids is 1. The highest BCUT2D eigenvalue weighted by Crippen LogP contribution is 2.24. The standard InChI is InChI=1S/C14H18O3/c1-4-7-16-13-6-5-12(9-15)14(8-13)17-10-11(2)3/h5-6,8-9H,2,4,7,10H2,1,3H3. The van der Waals surface area contributed by atoms with Crippen molar-refractivity contribution in [2.45, 2.75) is 20.3 Å². The molecule has 0 radical (unpaired) electrons. The zero-order valence-corrected chi connectivity index (χ0v) is 10.4. The average molecular weight is 234 g/mol. The Morgan fingerprint density at radius 1 is 1.41 bits per heavy atom. The maximum Gasteiger partial charge on any atom is 0.153 e. The predicted molar refractivity (Wildman–Crippen MR) is 67.9 cm³/mol. The lowest BCUT2D eigenvalue weighted by Crippen LogP contribution is -2.02. The van der Waals surface area contributed by atoms with Gasteiger partial charge in [-0.1, -0.05) is 13.5 Å². The molecule has 0 aliphatic carbocycles. The Morgan fingerprint density at radius 3 is 2.76 bits per heavy atom. The zero-order chi connectivity index (χ0) is 12.7. The minimum atomic E-state index is 0.401. The Morgan fingerprint density at radius 2 is 2.18 bits per heavy atom. The topological polar surface area (TPSA) is 35.5 Å². The van der Waals surface area contributed by atoms with Gasteiger partial charge in [-0.15, -0.1) is 0 Å². The van der Waals surface area contributed by atoms with Crippen molar-refractivity contribution in [3.8, 4) is 11.5 Å². The average Bonchev–Trinajstić information content (AvgIpc) is 2.33. The summed E-state index contributed by atoms with van der Waals surface area (Å²) in [7, 11) is 0. The van der Waals surface area contributed by atoms with E-state index in [9.17, 15) is 4.79 Å². The minimum absolute atomic E-state index is 0.401. The fourth-order valence-electron chi connectivity index (χ4n) is 1.25. The fourth-order valence-corrected chi connectivity index (χ4v) is 1.25. The van der Waals surface area contributed by atoms with E-state index in [1.165, 1.54) is 0 Å². The second-order valence-electron chi connectivity index (χ2n) is 3.91. The van der Waals surface area contributed by atoms with Gasteiger partial charge in [-0.25, -0.2) is 0 Å². The molecule has 0 aliphatic rings. The van der Waals surface area contributed by atoms with Gasteiger partial charge < -0.3 is 9.47 Å². The molecule has 0 aromatic heterocycles. The van der Waals surface area contributed by atoms with Crippen LogP contribution in [0, 0.1) is 0 Å². The lowest BCUT2D eigenvalue weighted by atomic mass is 10.2. The van der Waals surface area contributed by atoms with E-state index in [1.807, 2.05) is 13.8 Å². The van der Waals surface area contributed by atoms with Crippen LogP contribution in [0.25, 0.3) is 0 Å². The molecule has 0 fully saturated rings. The first-order valence-electron chi connectivity index (χ1n) is 5.66. The molecule has 92 valence electrons. The molecule has 1 rings (SSSR count). The summed E-state index contributed by atoms with van der Waals surface area (Å²) in [6.07, 6.45) is 1.72. The van der Waals surface area contributed by atoms with Crippen LogP contribution < -0.4 is 9.47 Å². The van der Waals surface area contributed by atoms with Crippen LogP contribution in [-0.2, 0) is 0 Å². The van der Waals surface area contributed by atoms with E-state index in [1.54, 1.807) is 18.2 Å². The van der Waals surface area contributed by atoms with Crippen LogP contribution in [0.1, 0.15) is 30.6 Å². The van der Waals surface area contributed by atoms with Gasteiger partial charge in [-0.2, -0.15) is 0 Å². The van der Waals surface area contributed by atoms with Gasteiger partial charge in [0.2, 0.25) is 0 Å². The molecule has 0 N–H and O–H groups in total. The minimum Gasteiger partial charge on any atom is -0.493 e. The third kappa shape index (κ3) is 4.31. The summed E-state index contributed by atoms with van der Waals surface area (Å²) >= 11 is 0. The number of benzene rings is 1. The highest BCUT2D eigenvalue weighted by Gasteiger charge is 2.05. The summed E-state index contributed by atoms with van der Waals surface area (Å²) in [4.78, 5) is 10.9.